The Balaban J connectivity index is 1.44. The first kappa shape index (κ1) is 26.7. The summed E-state index contributed by atoms with van der Waals surface area (Å²) in [7, 11) is 0. The van der Waals surface area contributed by atoms with Crippen molar-refractivity contribution in [3.8, 4) is 33.4 Å². The van der Waals surface area contributed by atoms with E-state index in [9.17, 15) is 0 Å². The van der Waals surface area contributed by atoms with Crippen LogP contribution in [0, 0.1) is 13.8 Å². The van der Waals surface area contributed by atoms with E-state index in [-0.39, 0.29) is 13.2 Å². The number of benzene rings is 3. The Bertz CT molecular complexity index is 1560. The number of aromatic nitrogens is 3. The van der Waals surface area contributed by atoms with E-state index in [1.165, 1.54) is 44.5 Å². The van der Waals surface area contributed by atoms with Gasteiger partial charge in [0.25, 0.3) is 0 Å². The molecule has 0 saturated heterocycles. The van der Waals surface area contributed by atoms with Gasteiger partial charge in [-0.3, -0.25) is 0 Å². The predicted molar refractivity (Wildman–Crippen MR) is 156 cm³/mol. The highest BCUT2D eigenvalue weighted by atomic mass is 16.3. The van der Waals surface area contributed by atoms with Crippen molar-refractivity contribution in [2.75, 3.05) is 26.3 Å². The number of aliphatic hydroxyl groups is 2. The summed E-state index contributed by atoms with van der Waals surface area (Å²) >= 11 is 0. The van der Waals surface area contributed by atoms with Crippen molar-refractivity contribution in [3.05, 3.63) is 102 Å². The molecule has 0 unspecified atom stereocenters. The highest BCUT2D eigenvalue weighted by molar-refractivity contribution is 5.84. The molecule has 200 valence electrons. The third-order valence-corrected chi connectivity index (χ3v) is 7.10. The first-order chi connectivity index (χ1) is 19.1. The molecular weight excluding hydrogens is 486 g/mol. The lowest BCUT2D eigenvalue weighted by atomic mass is 9.88. The number of nitrogens with zero attached hydrogens (tertiary/aromatic N) is 3. The van der Waals surface area contributed by atoms with Gasteiger partial charge in [-0.15, -0.1) is 5.10 Å². The number of pyridine rings is 1. The van der Waals surface area contributed by atoms with Crippen molar-refractivity contribution in [3.63, 3.8) is 0 Å². The minimum atomic E-state index is 0.0889. The first-order valence-electron chi connectivity index (χ1n) is 13.4. The molecule has 2 aromatic heterocycles. The van der Waals surface area contributed by atoms with Crippen molar-refractivity contribution in [1.82, 2.24) is 25.2 Å². The fourth-order valence-corrected chi connectivity index (χ4v) is 5.04. The Morgan fingerprint density at radius 3 is 1.92 bits per heavy atom. The van der Waals surface area contributed by atoms with Crippen LogP contribution >= 0.6 is 0 Å². The second kappa shape index (κ2) is 12.3. The van der Waals surface area contributed by atoms with Gasteiger partial charge in [-0.05, 0) is 76.1 Å². The van der Waals surface area contributed by atoms with Crippen LogP contribution in [0.1, 0.15) is 22.5 Å². The number of aliphatic hydroxyl groups excluding tert-OH is 2. The SMILES string of the molecule is Cc1c(-c2ccc(CNCCO)cc2)cccc1-c1cccc(-c2ccn3nc(CNCCO)nc3c2)c1C. The molecule has 0 fully saturated rings. The van der Waals surface area contributed by atoms with Crippen LogP contribution in [0.5, 0.6) is 0 Å². The largest absolute Gasteiger partial charge is 0.395 e. The Kier molecular flexibility index (Phi) is 8.44. The highest BCUT2D eigenvalue weighted by Crippen LogP contribution is 2.37. The lowest BCUT2D eigenvalue weighted by Gasteiger charge is -2.16. The molecule has 2 heterocycles. The van der Waals surface area contributed by atoms with Crippen LogP contribution in [0.4, 0.5) is 0 Å². The fourth-order valence-electron chi connectivity index (χ4n) is 5.04. The van der Waals surface area contributed by atoms with Crippen LogP contribution in [-0.4, -0.2) is 51.1 Å². The summed E-state index contributed by atoms with van der Waals surface area (Å²) in [5, 5.41) is 28.9. The van der Waals surface area contributed by atoms with Crippen molar-refractivity contribution in [1.29, 1.82) is 0 Å². The standard InChI is InChI=1S/C32H35N5O2/c1-22-27(25-11-9-24(10-12-25)20-33-14-17-38)5-3-7-29(22)30-8-4-6-28(23(30)2)26-13-16-37-32(19-26)35-31(36-37)21-34-15-18-39/h3-13,16,19,33-34,38-39H,14-15,17-18,20-21H2,1-2H3. The van der Waals surface area contributed by atoms with E-state index in [4.69, 9.17) is 10.2 Å². The average molecular weight is 522 g/mol. The van der Waals surface area contributed by atoms with Gasteiger partial charge in [-0.2, -0.15) is 0 Å². The third-order valence-electron chi connectivity index (χ3n) is 7.10. The zero-order chi connectivity index (χ0) is 27.2. The molecule has 7 heteroatoms. The predicted octanol–water partition coefficient (Wildman–Crippen LogP) is 4.51. The Hall–Kier alpha value is -3.88. The van der Waals surface area contributed by atoms with Crippen LogP contribution in [-0.2, 0) is 13.1 Å². The molecule has 5 rings (SSSR count). The number of hydrogen-bond acceptors (Lipinski definition) is 6. The van der Waals surface area contributed by atoms with Crippen LogP contribution in [0.3, 0.4) is 0 Å². The molecule has 0 spiro atoms. The molecule has 5 aromatic rings. The normalized spacial score (nSPS) is 11.4. The van der Waals surface area contributed by atoms with Gasteiger partial charge in [0.15, 0.2) is 11.5 Å². The molecule has 0 aliphatic rings. The van der Waals surface area contributed by atoms with E-state index in [1.807, 2.05) is 6.20 Å². The lowest BCUT2D eigenvalue weighted by molar-refractivity contribution is 0.291. The highest BCUT2D eigenvalue weighted by Gasteiger charge is 2.14. The van der Waals surface area contributed by atoms with Gasteiger partial charge in [-0.25, -0.2) is 9.50 Å². The van der Waals surface area contributed by atoms with Gasteiger partial charge < -0.3 is 20.8 Å². The van der Waals surface area contributed by atoms with Crippen LogP contribution < -0.4 is 10.6 Å². The maximum Gasteiger partial charge on any atom is 0.165 e. The van der Waals surface area contributed by atoms with Crippen molar-refractivity contribution in [2.45, 2.75) is 26.9 Å². The molecular formula is C32H35N5O2. The molecule has 3 aromatic carbocycles. The van der Waals surface area contributed by atoms with Crippen LogP contribution in [0.2, 0.25) is 0 Å². The third kappa shape index (κ3) is 5.92. The number of nitrogens with one attached hydrogen (secondary N) is 2. The van der Waals surface area contributed by atoms with E-state index in [0.717, 1.165) is 17.8 Å². The average Bonchev–Trinajstić information content (AvgIpc) is 3.36. The zero-order valence-electron chi connectivity index (χ0n) is 22.5. The summed E-state index contributed by atoms with van der Waals surface area (Å²) in [5.74, 6) is 0.702. The topological polar surface area (TPSA) is 94.7 Å². The summed E-state index contributed by atoms with van der Waals surface area (Å²) in [6, 6.07) is 25.8. The summed E-state index contributed by atoms with van der Waals surface area (Å²) in [5.41, 5.74) is 11.6. The molecule has 0 bridgehead atoms. The molecule has 4 N–H and O–H groups in total. The molecule has 0 amide bonds. The maximum absolute atomic E-state index is 8.99. The summed E-state index contributed by atoms with van der Waals surface area (Å²) in [6.45, 7) is 6.99. The summed E-state index contributed by atoms with van der Waals surface area (Å²) in [6.07, 6.45) is 1.95. The van der Waals surface area contributed by atoms with Crippen molar-refractivity contribution in [2.24, 2.45) is 0 Å². The van der Waals surface area contributed by atoms with Gasteiger partial charge in [0, 0.05) is 25.8 Å². The second-order valence-electron chi connectivity index (χ2n) is 9.70. The van der Waals surface area contributed by atoms with E-state index >= 15 is 0 Å². The van der Waals surface area contributed by atoms with Crippen molar-refractivity contribution < 1.29 is 10.2 Å². The number of rotatable bonds is 11. The van der Waals surface area contributed by atoms with Gasteiger partial charge in [0.05, 0.1) is 19.8 Å². The first-order valence-corrected chi connectivity index (χ1v) is 13.4. The second-order valence-corrected chi connectivity index (χ2v) is 9.70. The summed E-state index contributed by atoms with van der Waals surface area (Å²) < 4.78 is 1.79. The monoisotopic (exact) mass is 521 g/mol. The maximum atomic E-state index is 8.99. The number of fused-ring (bicyclic) bond motifs is 1. The van der Waals surface area contributed by atoms with Gasteiger partial charge in [0.1, 0.15) is 0 Å². The molecule has 0 atom stereocenters. The smallest absolute Gasteiger partial charge is 0.165 e. The van der Waals surface area contributed by atoms with E-state index in [2.05, 4.69) is 107 Å². The summed E-state index contributed by atoms with van der Waals surface area (Å²) in [4.78, 5) is 4.66. The molecule has 0 aliphatic carbocycles. The van der Waals surface area contributed by atoms with E-state index < -0.39 is 0 Å². The Labute approximate surface area is 229 Å². The fraction of sp³-hybridized carbons (Fsp3) is 0.250. The van der Waals surface area contributed by atoms with Gasteiger partial charge >= 0.3 is 0 Å². The molecule has 0 saturated carbocycles. The zero-order valence-corrected chi connectivity index (χ0v) is 22.5. The minimum absolute atomic E-state index is 0.0889. The van der Waals surface area contributed by atoms with Crippen molar-refractivity contribution >= 4 is 5.65 Å². The van der Waals surface area contributed by atoms with Gasteiger partial charge in [0.2, 0.25) is 0 Å². The van der Waals surface area contributed by atoms with E-state index in [1.54, 1.807) is 4.52 Å². The van der Waals surface area contributed by atoms with Gasteiger partial charge in [-0.1, -0.05) is 60.7 Å². The number of hydrogen-bond donors (Lipinski definition) is 4. The minimum Gasteiger partial charge on any atom is -0.395 e. The Morgan fingerprint density at radius 1 is 0.692 bits per heavy atom. The lowest BCUT2D eigenvalue weighted by Crippen LogP contribution is -2.18. The molecule has 7 nitrogen and oxygen atoms in total. The molecule has 0 radical (unpaired) electrons. The quantitative estimate of drug-likeness (QED) is 0.191. The van der Waals surface area contributed by atoms with E-state index in [0.29, 0.717) is 25.5 Å². The molecule has 0 aliphatic heterocycles. The Morgan fingerprint density at radius 2 is 1.28 bits per heavy atom. The van der Waals surface area contributed by atoms with Crippen LogP contribution in [0.25, 0.3) is 39.0 Å². The van der Waals surface area contributed by atoms with Crippen LogP contribution in [0.15, 0.2) is 79.0 Å². The molecule has 39 heavy (non-hydrogen) atoms.